The highest BCUT2D eigenvalue weighted by molar-refractivity contribution is 5.76. The number of rotatable bonds is 8. The minimum absolute atomic E-state index is 0.0818. The molecule has 0 bridgehead atoms. The number of carboxylic acids is 1. The zero-order valence-electron chi connectivity index (χ0n) is 11.4. The first kappa shape index (κ1) is 15.9. The zero-order chi connectivity index (χ0) is 14.1. The van der Waals surface area contributed by atoms with Crippen LogP contribution in [-0.2, 0) is 19.1 Å². The smallest absolute Gasteiger partial charge is 0.306 e. The van der Waals surface area contributed by atoms with Crippen molar-refractivity contribution in [1.82, 2.24) is 5.32 Å². The second kappa shape index (κ2) is 8.87. The summed E-state index contributed by atoms with van der Waals surface area (Å²) in [6, 6.07) is 0. The molecule has 0 aromatic rings. The molecule has 0 saturated carbocycles. The number of aliphatic carboxylic acids is 1. The number of carboxylic acid groups (broad SMARTS) is 1. The first-order valence-electron chi connectivity index (χ1n) is 6.74. The van der Waals surface area contributed by atoms with Crippen molar-refractivity contribution in [3.05, 3.63) is 0 Å². The highest BCUT2D eigenvalue weighted by Gasteiger charge is 2.17. The van der Waals surface area contributed by atoms with Crippen molar-refractivity contribution in [3.8, 4) is 0 Å². The molecule has 6 nitrogen and oxygen atoms in total. The molecule has 1 aliphatic heterocycles. The number of ether oxygens (including phenoxy) is 2. The lowest BCUT2D eigenvalue weighted by Gasteiger charge is -2.22. The first-order valence-corrected chi connectivity index (χ1v) is 6.74. The topological polar surface area (TPSA) is 84.9 Å². The van der Waals surface area contributed by atoms with E-state index in [4.69, 9.17) is 14.6 Å². The molecule has 1 heterocycles. The van der Waals surface area contributed by atoms with E-state index in [0.29, 0.717) is 6.42 Å². The average molecular weight is 273 g/mol. The van der Waals surface area contributed by atoms with Crippen LogP contribution in [0.15, 0.2) is 0 Å². The third-order valence-corrected chi connectivity index (χ3v) is 3.23. The Hall–Kier alpha value is -1.14. The van der Waals surface area contributed by atoms with E-state index in [1.165, 1.54) is 7.11 Å². The molecular formula is C13H23NO5. The van der Waals surface area contributed by atoms with Crippen LogP contribution in [-0.4, -0.2) is 49.5 Å². The quantitative estimate of drug-likeness (QED) is 0.687. The Morgan fingerprint density at radius 2 is 2.26 bits per heavy atom. The van der Waals surface area contributed by atoms with Crippen LogP contribution >= 0.6 is 0 Å². The van der Waals surface area contributed by atoms with Crippen LogP contribution in [0, 0.1) is 0 Å². The molecule has 19 heavy (non-hydrogen) atoms. The predicted molar refractivity (Wildman–Crippen MR) is 68.9 cm³/mol. The van der Waals surface area contributed by atoms with E-state index < -0.39 is 12.1 Å². The Morgan fingerprint density at radius 1 is 1.47 bits per heavy atom. The van der Waals surface area contributed by atoms with E-state index >= 15 is 0 Å². The second-order valence-electron chi connectivity index (χ2n) is 4.79. The number of carbonyl (C=O) groups is 2. The van der Waals surface area contributed by atoms with E-state index in [1.807, 2.05) is 0 Å². The summed E-state index contributed by atoms with van der Waals surface area (Å²) in [5, 5.41) is 11.3. The molecule has 6 heteroatoms. The van der Waals surface area contributed by atoms with Gasteiger partial charge >= 0.3 is 5.97 Å². The SMILES string of the molecule is COC(CNC(=O)CCC1CCCCO1)CC(=O)O. The number of methoxy groups -OCH3 is 1. The van der Waals surface area contributed by atoms with E-state index in [9.17, 15) is 9.59 Å². The number of hydrogen-bond acceptors (Lipinski definition) is 4. The molecule has 0 aliphatic carbocycles. The van der Waals surface area contributed by atoms with Crippen LogP contribution in [0.5, 0.6) is 0 Å². The maximum absolute atomic E-state index is 11.6. The normalized spacial score (nSPS) is 20.8. The minimum Gasteiger partial charge on any atom is -0.481 e. The van der Waals surface area contributed by atoms with Crippen molar-refractivity contribution in [2.24, 2.45) is 0 Å². The van der Waals surface area contributed by atoms with Gasteiger partial charge in [0.2, 0.25) is 5.91 Å². The van der Waals surface area contributed by atoms with Crippen molar-refractivity contribution in [1.29, 1.82) is 0 Å². The summed E-state index contributed by atoms with van der Waals surface area (Å²) in [6.45, 7) is 1.02. The fraction of sp³-hybridized carbons (Fsp3) is 0.846. The molecule has 0 aromatic heterocycles. The van der Waals surface area contributed by atoms with Gasteiger partial charge in [0, 0.05) is 26.7 Å². The van der Waals surface area contributed by atoms with Gasteiger partial charge in [0.1, 0.15) is 0 Å². The molecule has 1 rings (SSSR count). The van der Waals surface area contributed by atoms with E-state index in [2.05, 4.69) is 5.32 Å². The van der Waals surface area contributed by atoms with Crippen molar-refractivity contribution < 1.29 is 24.2 Å². The Bertz CT molecular complexity index is 289. The van der Waals surface area contributed by atoms with Gasteiger partial charge in [-0.25, -0.2) is 0 Å². The first-order chi connectivity index (χ1) is 9.11. The molecule has 2 atom stereocenters. The summed E-state index contributed by atoms with van der Waals surface area (Å²) in [5.41, 5.74) is 0. The summed E-state index contributed by atoms with van der Waals surface area (Å²) in [6.07, 6.45) is 4.03. The summed E-state index contributed by atoms with van der Waals surface area (Å²) in [4.78, 5) is 22.2. The van der Waals surface area contributed by atoms with Crippen LogP contribution in [0.3, 0.4) is 0 Å². The van der Waals surface area contributed by atoms with Gasteiger partial charge in [-0.1, -0.05) is 0 Å². The van der Waals surface area contributed by atoms with Crippen molar-refractivity contribution >= 4 is 11.9 Å². The van der Waals surface area contributed by atoms with Crippen LogP contribution in [0.25, 0.3) is 0 Å². The third kappa shape index (κ3) is 7.12. The van der Waals surface area contributed by atoms with E-state index in [-0.39, 0.29) is 25.0 Å². The highest BCUT2D eigenvalue weighted by atomic mass is 16.5. The van der Waals surface area contributed by atoms with E-state index in [0.717, 1.165) is 32.3 Å². The Labute approximate surface area is 113 Å². The number of carbonyl (C=O) groups excluding carboxylic acids is 1. The van der Waals surface area contributed by atoms with Gasteiger partial charge in [0.15, 0.2) is 0 Å². The fourth-order valence-corrected chi connectivity index (χ4v) is 2.08. The molecule has 1 amide bonds. The predicted octanol–water partition coefficient (Wildman–Crippen LogP) is 0.942. The number of nitrogens with one attached hydrogen (secondary N) is 1. The molecule has 2 N–H and O–H groups in total. The average Bonchev–Trinajstić information content (AvgIpc) is 2.42. The van der Waals surface area contributed by atoms with Crippen molar-refractivity contribution in [3.63, 3.8) is 0 Å². The molecule has 0 aromatic carbocycles. The van der Waals surface area contributed by atoms with Gasteiger partial charge in [0.25, 0.3) is 0 Å². The van der Waals surface area contributed by atoms with Gasteiger partial charge in [-0.2, -0.15) is 0 Å². The second-order valence-corrected chi connectivity index (χ2v) is 4.79. The minimum atomic E-state index is -0.934. The van der Waals surface area contributed by atoms with Crippen molar-refractivity contribution in [2.75, 3.05) is 20.3 Å². The zero-order valence-corrected chi connectivity index (χ0v) is 11.4. The monoisotopic (exact) mass is 273 g/mol. The van der Waals surface area contributed by atoms with Gasteiger partial charge in [0.05, 0.1) is 18.6 Å². The highest BCUT2D eigenvalue weighted by Crippen LogP contribution is 2.16. The van der Waals surface area contributed by atoms with Crippen LogP contribution in [0.4, 0.5) is 0 Å². The number of hydrogen-bond donors (Lipinski definition) is 2. The summed E-state index contributed by atoms with van der Waals surface area (Å²) < 4.78 is 10.5. The van der Waals surface area contributed by atoms with E-state index in [1.54, 1.807) is 0 Å². The molecule has 1 saturated heterocycles. The van der Waals surface area contributed by atoms with Crippen LogP contribution < -0.4 is 5.32 Å². The molecule has 110 valence electrons. The molecule has 2 unspecified atom stereocenters. The Kier molecular flexibility index (Phi) is 7.43. The molecular weight excluding hydrogens is 250 g/mol. The molecule has 1 fully saturated rings. The van der Waals surface area contributed by atoms with Crippen LogP contribution in [0.1, 0.15) is 38.5 Å². The Balaban J connectivity index is 2.13. The number of amides is 1. The fourth-order valence-electron chi connectivity index (χ4n) is 2.08. The standard InChI is InChI=1S/C13H23NO5/c1-18-11(8-13(16)17)9-14-12(15)6-5-10-4-2-3-7-19-10/h10-11H,2-9H2,1H3,(H,14,15)(H,16,17). The lowest BCUT2D eigenvalue weighted by molar-refractivity contribution is -0.140. The lowest BCUT2D eigenvalue weighted by Crippen LogP contribution is -2.35. The van der Waals surface area contributed by atoms with Gasteiger partial charge < -0.3 is 19.9 Å². The summed E-state index contributed by atoms with van der Waals surface area (Å²) in [7, 11) is 1.44. The molecule has 1 aliphatic rings. The van der Waals surface area contributed by atoms with Gasteiger partial charge in [-0.3, -0.25) is 9.59 Å². The molecule has 0 spiro atoms. The Morgan fingerprint density at radius 3 is 2.84 bits per heavy atom. The third-order valence-electron chi connectivity index (χ3n) is 3.23. The lowest BCUT2D eigenvalue weighted by atomic mass is 10.0. The summed E-state index contributed by atoms with van der Waals surface area (Å²) in [5.74, 6) is -1.02. The van der Waals surface area contributed by atoms with Gasteiger partial charge in [-0.05, 0) is 25.7 Å². The van der Waals surface area contributed by atoms with Gasteiger partial charge in [-0.15, -0.1) is 0 Å². The largest absolute Gasteiger partial charge is 0.481 e. The molecule has 0 radical (unpaired) electrons. The maximum Gasteiger partial charge on any atom is 0.306 e. The maximum atomic E-state index is 11.6. The summed E-state index contributed by atoms with van der Waals surface area (Å²) >= 11 is 0. The van der Waals surface area contributed by atoms with Crippen molar-refractivity contribution in [2.45, 2.75) is 50.7 Å². The van der Waals surface area contributed by atoms with Crippen LogP contribution in [0.2, 0.25) is 0 Å².